The average Bonchev–Trinajstić information content (AvgIpc) is 2.37. The van der Waals surface area contributed by atoms with E-state index >= 15 is 0 Å². The van der Waals surface area contributed by atoms with E-state index < -0.39 is 21.2 Å². The van der Waals surface area contributed by atoms with Gasteiger partial charge in [0.1, 0.15) is 0 Å². The maximum Gasteiger partial charge on any atom is 0.266 e. The number of sulfonamides is 1. The third-order valence-corrected chi connectivity index (χ3v) is 5.72. The van der Waals surface area contributed by atoms with Crippen LogP contribution < -0.4 is 4.72 Å². The Balaban J connectivity index is 2.05. The van der Waals surface area contributed by atoms with Gasteiger partial charge in [-0.25, -0.2) is 13.1 Å². The van der Waals surface area contributed by atoms with Crippen LogP contribution in [0.3, 0.4) is 0 Å². The second-order valence-corrected chi connectivity index (χ2v) is 7.59. The van der Waals surface area contributed by atoms with Crippen molar-refractivity contribution in [1.29, 1.82) is 0 Å². The smallest absolute Gasteiger partial charge is 0.266 e. The molecular weight excluding hydrogens is 288 g/mol. The molecule has 0 spiro atoms. The minimum absolute atomic E-state index is 0.273. The average molecular weight is 310 g/mol. The summed E-state index contributed by atoms with van der Waals surface area (Å²) in [4.78, 5) is 16.1. The van der Waals surface area contributed by atoms with Crippen LogP contribution in [0.4, 0.5) is 0 Å². The topological polar surface area (TPSA) is 76.1 Å². The van der Waals surface area contributed by atoms with Crippen molar-refractivity contribution in [1.82, 2.24) is 9.71 Å². The number of carbonyl (C=O) groups excluding carboxylic acids is 1. The molecule has 1 fully saturated rings. The van der Waals surface area contributed by atoms with E-state index in [1.807, 2.05) is 6.92 Å². The number of nitrogens with one attached hydrogen (secondary N) is 1. The number of aryl methyl sites for hydroxylation is 1. The molecule has 1 heterocycles. The molecule has 1 aliphatic carbocycles. The van der Waals surface area contributed by atoms with Crippen molar-refractivity contribution < 1.29 is 13.2 Å². The van der Waals surface area contributed by atoms with Crippen LogP contribution in [0.5, 0.6) is 0 Å². The van der Waals surface area contributed by atoms with Crippen LogP contribution in [0.2, 0.25) is 0 Å². The molecule has 116 valence electrons. The highest BCUT2D eigenvalue weighted by Gasteiger charge is 2.27. The number of carbonyl (C=O) groups is 1. The molecule has 0 aliphatic heterocycles. The summed E-state index contributed by atoms with van der Waals surface area (Å²) in [5.41, 5.74) is 1.06. The molecule has 0 unspecified atom stereocenters. The van der Waals surface area contributed by atoms with Crippen LogP contribution in [0, 0.1) is 6.92 Å². The zero-order chi connectivity index (χ0) is 15.3. The summed E-state index contributed by atoms with van der Waals surface area (Å²) in [5, 5.41) is -0.458. The van der Waals surface area contributed by atoms with Crippen LogP contribution in [-0.2, 0) is 10.0 Å². The minimum Gasteiger partial charge on any atom is -0.268 e. The number of pyridine rings is 1. The number of amides is 1. The number of hydrogen-bond donors (Lipinski definition) is 1. The first-order valence-electron chi connectivity index (χ1n) is 7.47. The molecule has 0 saturated heterocycles. The van der Waals surface area contributed by atoms with Crippen molar-refractivity contribution in [3.63, 3.8) is 0 Å². The third kappa shape index (κ3) is 4.52. The molecule has 5 nitrogen and oxygen atoms in total. The lowest BCUT2D eigenvalue weighted by Crippen LogP contribution is -2.38. The van der Waals surface area contributed by atoms with Gasteiger partial charge in [0.2, 0.25) is 10.0 Å². The van der Waals surface area contributed by atoms with Crippen LogP contribution in [-0.4, -0.2) is 24.6 Å². The van der Waals surface area contributed by atoms with E-state index in [-0.39, 0.29) is 5.56 Å². The normalized spacial score (nSPS) is 17.8. The molecule has 0 atom stereocenters. The fraction of sp³-hybridized carbons (Fsp3) is 0.600. The zero-order valence-electron chi connectivity index (χ0n) is 12.3. The lowest BCUT2D eigenvalue weighted by molar-refractivity contribution is 0.0980. The van der Waals surface area contributed by atoms with Crippen molar-refractivity contribution >= 4 is 15.9 Å². The number of aromatic nitrogens is 1. The SMILES string of the molecule is Cc1ccc(C(=O)NS(=O)(=O)C2CCCCCCC2)cn1. The van der Waals surface area contributed by atoms with Gasteiger partial charge in [-0.2, -0.15) is 0 Å². The van der Waals surface area contributed by atoms with E-state index in [9.17, 15) is 13.2 Å². The molecule has 0 radical (unpaired) electrons. The van der Waals surface area contributed by atoms with Gasteiger partial charge in [-0.1, -0.05) is 32.1 Å². The quantitative estimate of drug-likeness (QED) is 0.931. The van der Waals surface area contributed by atoms with Gasteiger partial charge in [0, 0.05) is 11.9 Å². The number of nitrogens with zero attached hydrogens (tertiary/aromatic N) is 1. The maximum atomic E-state index is 12.3. The molecule has 1 N–H and O–H groups in total. The summed E-state index contributed by atoms with van der Waals surface area (Å²) in [6, 6.07) is 3.28. The maximum absolute atomic E-state index is 12.3. The van der Waals surface area contributed by atoms with Crippen molar-refractivity contribution in [2.45, 2.75) is 57.1 Å². The van der Waals surface area contributed by atoms with Gasteiger partial charge in [-0.3, -0.25) is 9.78 Å². The van der Waals surface area contributed by atoms with E-state index in [1.165, 1.54) is 12.6 Å². The van der Waals surface area contributed by atoms with Crippen molar-refractivity contribution in [2.24, 2.45) is 0 Å². The molecular formula is C15H22N2O3S. The van der Waals surface area contributed by atoms with Crippen LogP contribution in [0.25, 0.3) is 0 Å². The Morgan fingerprint density at radius 1 is 1.14 bits per heavy atom. The number of hydrogen-bond acceptors (Lipinski definition) is 4. The first-order chi connectivity index (χ1) is 9.99. The van der Waals surface area contributed by atoms with E-state index in [0.717, 1.165) is 31.4 Å². The van der Waals surface area contributed by atoms with Crippen LogP contribution >= 0.6 is 0 Å². The fourth-order valence-electron chi connectivity index (χ4n) is 2.60. The lowest BCUT2D eigenvalue weighted by Gasteiger charge is -2.20. The molecule has 0 bridgehead atoms. The highest BCUT2D eigenvalue weighted by Crippen LogP contribution is 2.22. The monoisotopic (exact) mass is 310 g/mol. The molecule has 1 saturated carbocycles. The summed E-state index contributed by atoms with van der Waals surface area (Å²) in [6.45, 7) is 1.81. The predicted molar refractivity (Wildman–Crippen MR) is 81.5 cm³/mol. The van der Waals surface area contributed by atoms with Gasteiger partial charge in [0.15, 0.2) is 0 Å². The van der Waals surface area contributed by atoms with Crippen molar-refractivity contribution in [2.75, 3.05) is 0 Å². The van der Waals surface area contributed by atoms with Gasteiger partial charge in [0.25, 0.3) is 5.91 Å². The molecule has 21 heavy (non-hydrogen) atoms. The summed E-state index contributed by atoms with van der Waals surface area (Å²) in [5.74, 6) is -0.593. The van der Waals surface area contributed by atoms with E-state index in [4.69, 9.17) is 0 Å². The largest absolute Gasteiger partial charge is 0.268 e. The summed E-state index contributed by atoms with van der Waals surface area (Å²) in [7, 11) is -3.61. The Labute approximate surface area is 126 Å². The highest BCUT2D eigenvalue weighted by atomic mass is 32.2. The molecule has 1 amide bonds. The molecule has 1 aromatic rings. The van der Waals surface area contributed by atoms with Gasteiger partial charge < -0.3 is 0 Å². The molecule has 2 rings (SSSR count). The lowest BCUT2D eigenvalue weighted by atomic mass is 10.0. The number of rotatable bonds is 3. The van der Waals surface area contributed by atoms with E-state index in [1.54, 1.807) is 12.1 Å². The minimum atomic E-state index is -3.61. The van der Waals surface area contributed by atoms with E-state index in [2.05, 4.69) is 9.71 Å². The summed E-state index contributed by atoms with van der Waals surface area (Å²) < 4.78 is 26.9. The Kier molecular flexibility index (Phi) is 5.33. The Bertz CT molecular complexity index is 573. The summed E-state index contributed by atoms with van der Waals surface area (Å²) in [6.07, 6.45) is 7.80. The predicted octanol–water partition coefficient (Wildman–Crippen LogP) is 2.56. The second-order valence-electron chi connectivity index (χ2n) is 5.63. The molecule has 1 aliphatic rings. The van der Waals surface area contributed by atoms with Crippen molar-refractivity contribution in [3.05, 3.63) is 29.6 Å². The Morgan fingerprint density at radius 3 is 2.33 bits per heavy atom. The zero-order valence-corrected chi connectivity index (χ0v) is 13.2. The van der Waals surface area contributed by atoms with E-state index in [0.29, 0.717) is 12.8 Å². The second kappa shape index (κ2) is 7.02. The van der Waals surface area contributed by atoms with Crippen LogP contribution in [0.1, 0.15) is 61.0 Å². The van der Waals surface area contributed by atoms with Gasteiger partial charge in [-0.15, -0.1) is 0 Å². The van der Waals surface area contributed by atoms with Gasteiger partial charge in [-0.05, 0) is 31.9 Å². The van der Waals surface area contributed by atoms with Crippen LogP contribution in [0.15, 0.2) is 18.3 Å². The first kappa shape index (κ1) is 15.9. The third-order valence-electron chi connectivity index (χ3n) is 3.90. The molecule has 1 aromatic heterocycles. The standard InChI is InChI=1S/C15H22N2O3S/c1-12-9-10-13(11-16-12)15(18)17-21(19,20)14-7-5-3-2-4-6-8-14/h9-11,14H,2-8H2,1H3,(H,17,18). The van der Waals surface area contributed by atoms with Gasteiger partial charge >= 0.3 is 0 Å². The first-order valence-corrected chi connectivity index (χ1v) is 9.02. The van der Waals surface area contributed by atoms with Gasteiger partial charge in [0.05, 0.1) is 10.8 Å². The Hall–Kier alpha value is -1.43. The van der Waals surface area contributed by atoms with Crippen molar-refractivity contribution in [3.8, 4) is 0 Å². The molecule has 0 aromatic carbocycles. The summed E-state index contributed by atoms with van der Waals surface area (Å²) >= 11 is 0. The highest BCUT2D eigenvalue weighted by molar-refractivity contribution is 7.90. The fourth-order valence-corrected chi connectivity index (χ4v) is 4.10. The molecule has 6 heteroatoms. The Morgan fingerprint density at radius 2 is 1.76 bits per heavy atom.